The van der Waals surface area contributed by atoms with E-state index in [1.807, 2.05) is 0 Å². The number of hydrogen-bond donors (Lipinski definition) is 0. The molecule has 4 heterocycles. The predicted octanol–water partition coefficient (Wildman–Crippen LogP) is 3.66. The van der Waals surface area contributed by atoms with Crippen LogP contribution in [0.25, 0.3) is 22.6 Å². The molecule has 7 heteroatoms. The number of pyridine rings is 1. The Labute approximate surface area is 154 Å². The Morgan fingerprint density at radius 2 is 2.07 bits per heavy atom. The fourth-order valence-corrected chi connectivity index (χ4v) is 2.88. The third kappa shape index (κ3) is 3.09. The minimum absolute atomic E-state index is 0.129. The molecule has 0 aliphatic carbocycles. The fourth-order valence-electron chi connectivity index (χ4n) is 2.88. The van der Waals surface area contributed by atoms with Gasteiger partial charge in [-0.1, -0.05) is 11.1 Å². The van der Waals surface area contributed by atoms with Gasteiger partial charge in [0.1, 0.15) is 11.5 Å². The minimum Gasteiger partial charge on any atom is -0.467 e. The molecule has 4 aromatic heterocycles. The zero-order chi connectivity index (χ0) is 18.8. The summed E-state index contributed by atoms with van der Waals surface area (Å²) in [5, 5.41) is 4.50. The van der Waals surface area contributed by atoms with Gasteiger partial charge in [0.25, 0.3) is 11.6 Å². The number of rotatable bonds is 5. The largest absolute Gasteiger partial charge is 0.467 e. The van der Waals surface area contributed by atoms with Crippen LogP contribution < -0.4 is 0 Å². The van der Waals surface area contributed by atoms with Crippen LogP contribution in [0, 0.1) is 19.3 Å². The normalized spacial score (nSPS) is 10.8. The molecule has 0 saturated heterocycles. The third-order valence-corrected chi connectivity index (χ3v) is 4.12. The smallest absolute Gasteiger partial charge is 0.259 e. The van der Waals surface area contributed by atoms with E-state index in [4.69, 9.17) is 19.8 Å². The summed E-state index contributed by atoms with van der Waals surface area (Å²) in [4.78, 5) is 19.2. The number of hydrogen-bond acceptors (Lipinski definition) is 6. The quantitative estimate of drug-likeness (QED) is 0.504. The van der Waals surface area contributed by atoms with Crippen molar-refractivity contribution in [1.82, 2.24) is 15.0 Å². The Balaban J connectivity index is 1.81. The van der Waals surface area contributed by atoms with Crippen molar-refractivity contribution in [3.8, 4) is 23.8 Å². The van der Waals surface area contributed by atoms with Gasteiger partial charge in [0.05, 0.1) is 42.3 Å². The Bertz CT molecular complexity index is 1120. The SMILES string of the molecule is C#CCN(Cc1ccco1)C(=O)c1cc(-c2ccco2)nc2onc(C)c12. The van der Waals surface area contributed by atoms with Gasteiger partial charge in [0.15, 0.2) is 5.76 Å². The summed E-state index contributed by atoms with van der Waals surface area (Å²) < 4.78 is 16.1. The second-order valence-corrected chi connectivity index (χ2v) is 5.93. The zero-order valence-electron chi connectivity index (χ0n) is 14.5. The minimum atomic E-state index is -0.268. The first-order valence-corrected chi connectivity index (χ1v) is 8.23. The number of amides is 1. The van der Waals surface area contributed by atoms with E-state index < -0.39 is 0 Å². The van der Waals surface area contributed by atoms with E-state index >= 15 is 0 Å². The van der Waals surface area contributed by atoms with E-state index in [0.29, 0.717) is 33.9 Å². The number of terminal acetylenes is 1. The van der Waals surface area contributed by atoms with Crippen molar-refractivity contribution in [2.45, 2.75) is 13.5 Å². The summed E-state index contributed by atoms with van der Waals surface area (Å²) in [5.74, 6) is 3.41. The maximum atomic E-state index is 13.3. The molecule has 1 amide bonds. The molecule has 0 atom stereocenters. The van der Waals surface area contributed by atoms with Gasteiger partial charge in [-0.2, -0.15) is 0 Å². The van der Waals surface area contributed by atoms with E-state index in [-0.39, 0.29) is 24.7 Å². The second-order valence-electron chi connectivity index (χ2n) is 5.93. The van der Waals surface area contributed by atoms with Crippen LogP contribution in [-0.4, -0.2) is 27.5 Å². The zero-order valence-corrected chi connectivity index (χ0v) is 14.5. The van der Waals surface area contributed by atoms with Gasteiger partial charge in [-0.25, -0.2) is 4.98 Å². The van der Waals surface area contributed by atoms with Crippen molar-refractivity contribution in [3.63, 3.8) is 0 Å². The lowest BCUT2D eigenvalue weighted by atomic mass is 10.1. The van der Waals surface area contributed by atoms with Crippen LogP contribution in [0.15, 0.2) is 56.2 Å². The molecule has 0 fully saturated rings. The van der Waals surface area contributed by atoms with E-state index in [9.17, 15) is 4.79 Å². The summed E-state index contributed by atoms with van der Waals surface area (Å²) in [5.41, 5.74) is 1.71. The third-order valence-electron chi connectivity index (χ3n) is 4.12. The van der Waals surface area contributed by atoms with Gasteiger partial charge in [-0.05, 0) is 37.3 Å². The summed E-state index contributed by atoms with van der Waals surface area (Å²) in [6, 6.07) is 8.72. The topological polar surface area (TPSA) is 85.5 Å². The molecule has 0 bridgehead atoms. The maximum Gasteiger partial charge on any atom is 0.259 e. The van der Waals surface area contributed by atoms with Crippen molar-refractivity contribution < 1.29 is 18.2 Å². The molecule has 7 nitrogen and oxygen atoms in total. The Hall–Kier alpha value is -3.79. The van der Waals surface area contributed by atoms with Crippen molar-refractivity contribution in [1.29, 1.82) is 0 Å². The number of aromatic nitrogens is 2. The predicted molar refractivity (Wildman–Crippen MR) is 96.5 cm³/mol. The highest BCUT2D eigenvalue weighted by Crippen LogP contribution is 2.28. The summed E-state index contributed by atoms with van der Waals surface area (Å²) >= 11 is 0. The van der Waals surface area contributed by atoms with Crippen LogP contribution in [0.3, 0.4) is 0 Å². The number of carbonyl (C=O) groups is 1. The first kappa shape index (κ1) is 16.7. The highest BCUT2D eigenvalue weighted by Gasteiger charge is 2.24. The average Bonchev–Trinajstić information content (AvgIpc) is 3.42. The number of aryl methyl sites for hydroxylation is 1. The number of carbonyl (C=O) groups excluding carboxylic acids is 1. The van der Waals surface area contributed by atoms with Crippen LogP contribution in [0.5, 0.6) is 0 Å². The summed E-state index contributed by atoms with van der Waals surface area (Å²) in [7, 11) is 0. The van der Waals surface area contributed by atoms with Gasteiger partial charge in [0, 0.05) is 0 Å². The lowest BCUT2D eigenvalue weighted by molar-refractivity contribution is 0.0757. The highest BCUT2D eigenvalue weighted by molar-refractivity contribution is 6.06. The monoisotopic (exact) mass is 361 g/mol. The summed E-state index contributed by atoms with van der Waals surface area (Å²) in [6.45, 7) is 2.14. The van der Waals surface area contributed by atoms with Crippen molar-refractivity contribution >= 4 is 17.0 Å². The molecule has 27 heavy (non-hydrogen) atoms. The standard InChI is InChI=1S/C20H15N3O4/c1-3-8-23(12-14-6-4-9-25-14)20(24)15-11-16(17-7-5-10-26-17)21-19-18(15)13(2)22-27-19/h1,4-7,9-11H,8,12H2,2H3. The molecule has 0 aromatic carbocycles. The molecule has 0 saturated carbocycles. The van der Waals surface area contributed by atoms with Crippen molar-refractivity contribution in [2.24, 2.45) is 0 Å². The Morgan fingerprint density at radius 1 is 1.26 bits per heavy atom. The van der Waals surface area contributed by atoms with Gasteiger partial charge >= 0.3 is 0 Å². The van der Waals surface area contributed by atoms with Gasteiger partial charge in [0.2, 0.25) is 0 Å². The molecular weight excluding hydrogens is 346 g/mol. The number of fused-ring (bicyclic) bond motifs is 1. The Morgan fingerprint density at radius 3 is 2.78 bits per heavy atom. The molecule has 0 spiro atoms. The lowest BCUT2D eigenvalue weighted by Crippen LogP contribution is -2.31. The van der Waals surface area contributed by atoms with E-state index in [0.717, 1.165) is 0 Å². The highest BCUT2D eigenvalue weighted by atomic mass is 16.5. The molecular formula is C20H15N3O4. The first-order valence-electron chi connectivity index (χ1n) is 8.23. The molecule has 0 aliphatic heterocycles. The van der Waals surface area contributed by atoms with Crippen molar-refractivity contribution in [3.05, 3.63) is 59.9 Å². The molecule has 4 rings (SSSR count). The van der Waals surface area contributed by atoms with Crippen LogP contribution in [-0.2, 0) is 6.54 Å². The van der Waals surface area contributed by atoms with Gasteiger partial charge < -0.3 is 18.3 Å². The Kier molecular flexibility index (Phi) is 4.22. The lowest BCUT2D eigenvalue weighted by Gasteiger charge is -2.19. The van der Waals surface area contributed by atoms with Crippen LogP contribution in [0.2, 0.25) is 0 Å². The average molecular weight is 361 g/mol. The number of nitrogens with zero attached hydrogens (tertiary/aromatic N) is 3. The summed E-state index contributed by atoms with van der Waals surface area (Å²) in [6.07, 6.45) is 8.56. The van der Waals surface area contributed by atoms with E-state index in [1.54, 1.807) is 43.5 Å². The van der Waals surface area contributed by atoms with E-state index in [1.165, 1.54) is 11.2 Å². The molecule has 0 unspecified atom stereocenters. The van der Waals surface area contributed by atoms with Crippen LogP contribution >= 0.6 is 0 Å². The molecule has 0 radical (unpaired) electrons. The molecule has 0 N–H and O–H groups in total. The van der Waals surface area contributed by atoms with Crippen molar-refractivity contribution in [2.75, 3.05) is 6.54 Å². The fraction of sp³-hybridized carbons (Fsp3) is 0.150. The maximum absolute atomic E-state index is 13.3. The molecule has 4 aromatic rings. The first-order chi connectivity index (χ1) is 13.2. The molecule has 134 valence electrons. The van der Waals surface area contributed by atoms with Gasteiger partial charge in [-0.15, -0.1) is 6.42 Å². The second kappa shape index (κ2) is 6.84. The van der Waals surface area contributed by atoms with E-state index in [2.05, 4.69) is 16.1 Å². The molecule has 0 aliphatic rings. The number of furan rings is 2. The van der Waals surface area contributed by atoms with Crippen LogP contribution in [0.1, 0.15) is 21.8 Å². The van der Waals surface area contributed by atoms with Crippen LogP contribution in [0.4, 0.5) is 0 Å². The van der Waals surface area contributed by atoms with Gasteiger partial charge in [-0.3, -0.25) is 4.79 Å².